The number of nitriles is 1. The van der Waals surface area contributed by atoms with Crippen LogP contribution in [0.1, 0.15) is 17.1 Å². The average Bonchev–Trinajstić information content (AvgIpc) is 3.09. The lowest BCUT2D eigenvalue weighted by molar-refractivity contribution is -0.132. The Kier molecular flexibility index (Phi) is 6.62. The van der Waals surface area contributed by atoms with Gasteiger partial charge in [-0.3, -0.25) is 9.69 Å². The molecule has 2 heterocycles. The second kappa shape index (κ2) is 9.16. The van der Waals surface area contributed by atoms with Crippen LogP contribution < -0.4 is 9.64 Å². The number of benzene rings is 1. The Labute approximate surface area is 175 Å². The lowest BCUT2D eigenvalue weighted by Crippen LogP contribution is -2.51. The predicted octanol–water partition coefficient (Wildman–Crippen LogP) is 2.30. The van der Waals surface area contributed by atoms with Gasteiger partial charge in [-0.05, 0) is 25.2 Å². The molecule has 0 radical (unpaired) electrons. The van der Waals surface area contributed by atoms with E-state index in [1.165, 1.54) is 0 Å². The average molecular weight is 418 g/mol. The Morgan fingerprint density at radius 1 is 1.38 bits per heavy atom. The van der Waals surface area contributed by atoms with Gasteiger partial charge in [0.25, 0.3) is 0 Å². The van der Waals surface area contributed by atoms with E-state index in [0.717, 1.165) is 11.3 Å². The van der Waals surface area contributed by atoms with Gasteiger partial charge >= 0.3 is 0 Å². The highest BCUT2D eigenvalue weighted by Crippen LogP contribution is 2.24. The van der Waals surface area contributed by atoms with Crippen LogP contribution in [-0.4, -0.2) is 67.6 Å². The number of hydrogen-bond donors (Lipinski definition) is 0. The molecular formula is C20H24ClN5O3. The van der Waals surface area contributed by atoms with E-state index >= 15 is 0 Å². The van der Waals surface area contributed by atoms with Crippen molar-refractivity contribution in [2.24, 2.45) is 0 Å². The molecule has 154 valence electrons. The van der Waals surface area contributed by atoms with Crippen LogP contribution in [0.3, 0.4) is 0 Å². The molecule has 3 rings (SSSR count). The standard InChI is InChI=1S/C20H24ClN5O3/c1-14-23-17(11-22)20(29-14)26-8-6-25(7-9-26)19(27)13-24(2)12-15-10-16(21)4-5-18(15)28-3/h4-5,10H,6-9,12-13H2,1-3H3. The number of aromatic nitrogens is 1. The summed E-state index contributed by atoms with van der Waals surface area (Å²) >= 11 is 6.09. The third kappa shape index (κ3) is 5.00. The third-order valence-corrected chi connectivity index (χ3v) is 5.06. The van der Waals surface area contributed by atoms with Crippen LogP contribution in [0.15, 0.2) is 22.6 Å². The van der Waals surface area contributed by atoms with Gasteiger partial charge < -0.3 is 19.0 Å². The van der Waals surface area contributed by atoms with E-state index in [-0.39, 0.29) is 11.6 Å². The number of oxazole rings is 1. The van der Waals surface area contributed by atoms with Gasteiger partial charge in [0.1, 0.15) is 11.8 Å². The van der Waals surface area contributed by atoms with Crippen LogP contribution >= 0.6 is 11.6 Å². The largest absolute Gasteiger partial charge is 0.496 e. The number of piperazine rings is 1. The molecule has 0 saturated carbocycles. The molecule has 8 nitrogen and oxygen atoms in total. The fourth-order valence-corrected chi connectivity index (χ4v) is 3.61. The molecule has 0 atom stereocenters. The smallest absolute Gasteiger partial charge is 0.236 e. The lowest BCUT2D eigenvalue weighted by atomic mass is 10.2. The van der Waals surface area contributed by atoms with Gasteiger partial charge in [-0.1, -0.05) is 11.6 Å². The number of halogens is 1. The molecule has 29 heavy (non-hydrogen) atoms. The van der Waals surface area contributed by atoms with Gasteiger partial charge in [-0.25, -0.2) is 4.98 Å². The molecule has 0 unspecified atom stereocenters. The topological polar surface area (TPSA) is 85.8 Å². The second-order valence-corrected chi connectivity index (χ2v) is 7.43. The molecule has 1 aromatic heterocycles. The Hall–Kier alpha value is -2.76. The van der Waals surface area contributed by atoms with Crippen molar-refractivity contribution < 1.29 is 13.9 Å². The summed E-state index contributed by atoms with van der Waals surface area (Å²) in [7, 11) is 3.51. The maximum absolute atomic E-state index is 12.7. The van der Waals surface area contributed by atoms with Crippen molar-refractivity contribution >= 4 is 23.4 Å². The number of likely N-dealkylation sites (N-methyl/N-ethyl adjacent to an activating group) is 1. The summed E-state index contributed by atoms with van der Waals surface area (Å²) in [6.45, 7) is 4.89. The van der Waals surface area contributed by atoms with E-state index in [4.69, 9.17) is 20.8 Å². The third-order valence-electron chi connectivity index (χ3n) is 4.83. The van der Waals surface area contributed by atoms with Gasteiger partial charge in [-0.15, -0.1) is 0 Å². The molecule has 1 aromatic carbocycles. The zero-order valence-electron chi connectivity index (χ0n) is 16.8. The number of anilines is 1. The number of hydrogen-bond acceptors (Lipinski definition) is 7. The number of amides is 1. The van der Waals surface area contributed by atoms with Crippen LogP contribution in [0.5, 0.6) is 5.75 Å². The maximum atomic E-state index is 12.7. The number of nitrogens with zero attached hydrogens (tertiary/aromatic N) is 5. The van der Waals surface area contributed by atoms with Crippen molar-refractivity contribution in [3.8, 4) is 11.8 Å². The zero-order chi connectivity index (χ0) is 21.0. The van der Waals surface area contributed by atoms with Gasteiger partial charge in [-0.2, -0.15) is 5.26 Å². The van der Waals surface area contributed by atoms with Crippen molar-refractivity contribution in [3.63, 3.8) is 0 Å². The molecule has 9 heteroatoms. The molecule has 1 fully saturated rings. The highest BCUT2D eigenvalue weighted by Gasteiger charge is 2.26. The van der Waals surface area contributed by atoms with Crippen molar-refractivity contribution in [1.29, 1.82) is 5.26 Å². The minimum atomic E-state index is 0.0578. The quantitative estimate of drug-likeness (QED) is 0.712. The SMILES string of the molecule is COc1ccc(Cl)cc1CN(C)CC(=O)N1CCN(c2oc(C)nc2C#N)CC1. The molecular weight excluding hydrogens is 394 g/mol. The molecule has 1 saturated heterocycles. The van der Waals surface area contributed by atoms with Crippen LogP contribution in [0, 0.1) is 18.3 Å². The summed E-state index contributed by atoms with van der Waals surface area (Å²) in [5.41, 5.74) is 1.22. The normalized spacial score (nSPS) is 14.2. The van der Waals surface area contributed by atoms with Crippen molar-refractivity contribution in [3.05, 3.63) is 40.4 Å². The highest BCUT2D eigenvalue weighted by atomic mass is 35.5. The van der Waals surface area contributed by atoms with E-state index in [0.29, 0.717) is 56.1 Å². The number of aryl methyl sites for hydroxylation is 1. The van der Waals surface area contributed by atoms with E-state index in [1.807, 2.05) is 33.9 Å². The summed E-state index contributed by atoms with van der Waals surface area (Å²) in [5.74, 6) is 1.76. The Bertz CT molecular complexity index is 915. The maximum Gasteiger partial charge on any atom is 0.236 e. The van der Waals surface area contributed by atoms with Gasteiger partial charge in [0.15, 0.2) is 5.89 Å². The van der Waals surface area contributed by atoms with Gasteiger partial charge in [0, 0.05) is 50.2 Å². The zero-order valence-corrected chi connectivity index (χ0v) is 17.6. The Morgan fingerprint density at radius 2 is 2.10 bits per heavy atom. The van der Waals surface area contributed by atoms with Gasteiger partial charge in [0.05, 0.1) is 13.7 Å². The molecule has 1 aliphatic heterocycles. The lowest BCUT2D eigenvalue weighted by Gasteiger charge is -2.35. The summed E-state index contributed by atoms with van der Waals surface area (Å²) in [6, 6.07) is 7.52. The van der Waals surface area contributed by atoms with Gasteiger partial charge in [0.2, 0.25) is 17.5 Å². The minimum Gasteiger partial charge on any atom is -0.496 e. The van der Waals surface area contributed by atoms with E-state index < -0.39 is 0 Å². The molecule has 0 N–H and O–H groups in total. The summed E-state index contributed by atoms with van der Waals surface area (Å²) < 4.78 is 10.9. The molecule has 1 aliphatic rings. The first-order valence-corrected chi connectivity index (χ1v) is 9.70. The summed E-state index contributed by atoms with van der Waals surface area (Å²) in [5, 5.41) is 9.83. The molecule has 0 aliphatic carbocycles. The number of carbonyl (C=O) groups is 1. The number of rotatable bonds is 6. The summed E-state index contributed by atoms with van der Waals surface area (Å²) in [6.07, 6.45) is 0. The molecule has 2 aromatic rings. The van der Waals surface area contributed by atoms with Crippen LogP contribution in [0.25, 0.3) is 0 Å². The Balaban J connectivity index is 1.54. The first kappa shape index (κ1) is 21.0. The number of methoxy groups -OCH3 is 1. The van der Waals surface area contributed by atoms with Crippen molar-refractivity contribution in [2.75, 3.05) is 51.8 Å². The fourth-order valence-electron chi connectivity index (χ4n) is 3.41. The Morgan fingerprint density at radius 3 is 2.76 bits per heavy atom. The van der Waals surface area contributed by atoms with Crippen LogP contribution in [-0.2, 0) is 11.3 Å². The monoisotopic (exact) mass is 417 g/mol. The summed E-state index contributed by atoms with van der Waals surface area (Å²) in [4.78, 5) is 22.5. The van der Waals surface area contributed by atoms with Crippen molar-refractivity contribution in [2.45, 2.75) is 13.5 Å². The first-order valence-electron chi connectivity index (χ1n) is 9.32. The van der Waals surface area contributed by atoms with Crippen LogP contribution in [0.2, 0.25) is 5.02 Å². The van der Waals surface area contributed by atoms with Crippen molar-refractivity contribution in [1.82, 2.24) is 14.8 Å². The number of carbonyl (C=O) groups excluding carboxylic acids is 1. The fraction of sp³-hybridized carbons (Fsp3) is 0.450. The highest BCUT2D eigenvalue weighted by molar-refractivity contribution is 6.30. The predicted molar refractivity (Wildman–Crippen MR) is 109 cm³/mol. The molecule has 0 spiro atoms. The first-order chi connectivity index (χ1) is 13.9. The second-order valence-electron chi connectivity index (χ2n) is 6.99. The minimum absolute atomic E-state index is 0.0578. The molecule has 1 amide bonds. The number of ether oxygens (including phenoxy) is 1. The van der Waals surface area contributed by atoms with Crippen LogP contribution in [0.4, 0.5) is 5.88 Å². The van der Waals surface area contributed by atoms with E-state index in [9.17, 15) is 10.1 Å². The van der Waals surface area contributed by atoms with E-state index in [2.05, 4.69) is 11.1 Å². The molecule has 0 bridgehead atoms. The van der Waals surface area contributed by atoms with E-state index in [1.54, 1.807) is 20.1 Å².